The topological polar surface area (TPSA) is 101 Å². The summed E-state index contributed by atoms with van der Waals surface area (Å²) in [5.41, 5.74) is 3.65. The van der Waals surface area contributed by atoms with Gasteiger partial charge in [-0.2, -0.15) is 10.1 Å². The van der Waals surface area contributed by atoms with Gasteiger partial charge < -0.3 is 10.2 Å². The number of amides is 1. The summed E-state index contributed by atoms with van der Waals surface area (Å²) in [7, 11) is 4.22. The van der Waals surface area contributed by atoms with Crippen LogP contribution < -0.4 is 10.9 Å². The molecule has 1 aliphatic rings. The van der Waals surface area contributed by atoms with Gasteiger partial charge in [0.2, 0.25) is 12.4 Å². The van der Waals surface area contributed by atoms with Crippen LogP contribution in [0.5, 0.6) is 0 Å². The monoisotopic (exact) mass is 502 g/mol. The number of fused-ring (bicyclic) bond motifs is 2. The third-order valence-electron chi connectivity index (χ3n) is 6.47. The fraction of sp³-hybridized carbons (Fsp3) is 0.370. The molecule has 4 rings (SSSR count). The largest absolute Gasteiger partial charge is 0.324 e. The van der Waals surface area contributed by atoms with Crippen molar-refractivity contribution in [1.29, 1.82) is 0 Å². The van der Waals surface area contributed by atoms with Gasteiger partial charge in [-0.3, -0.25) is 9.59 Å². The molecule has 1 atom stereocenters. The average molecular weight is 503 g/mol. The molecule has 10 nitrogen and oxygen atoms in total. The minimum absolute atomic E-state index is 0.169. The second-order valence-electron chi connectivity index (χ2n) is 9.59. The summed E-state index contributed by atoms with van der Waals surface area (Å²) in [6, 6.07) is 6.64. The van der Waals surface area contributed by atoms with E-state index in [1.165, 1.54) is 27.0 Å². The third kappa shape index (κ3) is 5.24. The molecule has 0 saturated carbocycles. The number of likely N-dealkylation sites (N-methyl/N-ethyl adjacent to an activating group) is 1. The molecule has 1 aromatic carbocycles. The predicted molar refractivity (Wildman–Crippen MR) is 147 cm³/mol. The van der Waals surface area contributed by atoms with Crippen LogP contribution in [0.1, 0.15) is 31.9 Å². The van der Waals surface area contributed by atoms with Gasteiger partial charge in [0.05, 0.1) is 6.54 Å². The van der Waals surface area contributed by atoms with Crippen LogP contribution in [-0.2, 0) is 24.2 Å². The second-order valence-corrected chi connectivity index (χ2v) is 9.59. The molecular formula is C27H34N8O2. The van der Waals surface area contributed by atoms with Gasteiger partial charge in [0.25, 0.3) is 5.56 Å². The minimum Gasteiger partial charge on any atom is -0.324 e. The Bertz CT molecular complexity index is 1430. The lowest BCUT2D eigenvalue weighted by Crippen LogP contribution is -2.31. The van der Waals surface area contributed by atoms with Crippen molar-refractivity contribution in [3.05, 3.63) is 70.7 Å². The zero-order chi connectivity index (χ0) is 26.7. The summed E-state index contributed by atoms with van der Waals surface area (Å²) in [5.74, 6) is 0.726. The van der Waals surface area contributed by atoms with Crippen molar-refractivity contribution in [3.63, 3.8) is 0 Å². The van der Waals surface area contributed by atoms with Gasteiger partial charge in [0.1, 0.15) is 5.39 Å². The average Bonchev–Trinajstić information content (AvgIpc) is 3.41. The first-order valence-corrected chi connectivity index (χ1v) is 12.4. The third-order valence-corrected chi connectivity index (χ3v) is 6.47. The van der Waals surface area contributed by atoms with Crippen molar-refractivity contribution in [3.8, 4) is 0 Å². The van der Waals surface area contributed by atoms with Gasteiger partial charge in [-0.15, -0.1) is 6.58 Å². The number of hydrazone groups is 1. The summed E-state index contributed by atoms with van der Waals surface area (Å²) < 4.78 is 3.09. The van der Waals surface area contributed by atoms with Crippen molar-refractivity contribution in [2.75, 3.05) is 19.4 Å². The molecular weight excluding hydrogens is 468 g/mol. The van der Waals surface area contributed by atoms with Gasteiger partial charge >= 0.3 is 0 Å². The zero-order valence-electron chi connectivity index (χ0n) is 22.0. The van der Waals surface area contributed by atoms with Gasteiger partial charge in [-0.1, -0.05) is 18.2 Å². The molecule has 0 saturated heterocycles. The Morgan fingerprint density at radius 1 is 1.30 bits per heavy atom. The Kier molecular flexibility index (Phi) is 7.68. The molecule has 0 spiro atoms. The van der Waals surface area contributed by atoms with Crippen molar-refractivity contribution in [2.45, 2.75) is 52.2 Å². The van der Waals surface area contributed by atoms with Crippen LogP contribution in [0, 0.1) is 0 Å². The molecule has 1 N–H and O–H groups in total. The number of hydrogen-bond donors (Lipinski definition) is 1. The number of hydrogen-bond acceptors (Lipinski definition) is 7. The lowest BCUT2D eigenvalue weighted by Gasteiger charge is -2.18. The maximum atomic E-state index is 13.2. The molecule has 2 aromatic heterocycles. The smallest absolute Gasteiger partial charge is 0.278 e. The van der Waals surface area contributed by atoms with E-state index in [9.17, 15) is 9.59 Å². The first kappa shape index (κ1) is 26.0. The maximum Gasteiger partial charge on any atom is 0.278 e. The van der Waals surface area contributed by atoms with Crippen LogP contribution in [0.2, 0.25) is 0 Å². The number of carbonyl (C=O) groups is 1. The Morgan fingerprint density at radius 3 is 2.70 bits per heavy atom. The molecule has 37 heavy (non-hydrogen) atoms. The van der Waals surface area contributed by atoms with E-state index in [2.05, 4.69) is 53.1 Å². The first-order chi connectivity index (χ1) is 17.8. The molecule has 10 heteroatoms. The summed E-state index contributed by atoms with van der Waals surface area (Å²) in [6.45, 7) is 9.58. The second kappa shape index (κ2) is 10.9. The quantitative estimate of drug-likeness (QED) is 0.159. The Morgan fingerprint density at radius 2 is 2.05 bits per heavy atom. The Hall–Kier alpha value is -4.05. The van der Waals surface area contributed by atoms with E-state index in [0.29, 0.717) is 35.3 Å². The molecule has 1 amide bonds. The summed E-state index contributed by atoms with van der Waals surface area (Å²) in [5, 5.41) is 9.45. The van der Waals surface area contributed by atoms with E-state index < -0.39 is 0 Å². The highest BCUT2D eigenvalue weighted by molar-refractivity contribution is 5.99. The molecule has 1 aliphatic carbocycles. The Labute approximate surface area is 216 Å². The van der Waals surface area contributed by atoms with Crippen LogP contribution >= 0.6 is 0 Å². The minimum atomic E-state index is -0.270. The van der Waals surface area contributed by atoms with Gasteiger partial charge in [0.15, 0.2) is 11.5 Å². The van der Waals surface area contributed by atoms with Crippen molar-refractivity contribution in [2.24, 2.45) is 5.10 Å². The molecule has 3 aromatic rings. The van der Waals surface area contributed by atoms with E-state index >= 15 is 0 Å². The highest BCUT2D eigenvalue weighted by Crippen LogP contribution is 2.28. The van der Waals surface area contributed by atoms with E-state index in [0.717, 1.165) is 18.5 Å². The maximum absolute atomic E-state index is 13.2. The number of rotatable bonds is 9. The standard InChI is InChI=1S/C27H34N8O2/c1-7-9-24(31-33(17-36)18(3)4)35-25-23(26(37)34(35)12-8-2)16-28-27(30-25)29-21-11-10-19-14-22(32(5)6)15-20(19)13-21/h7-11,13,16-18,22H,2,12,14-15H2,1,3-6H3,(H,28,29,30)/b9-7-,31-24+. The number of benzene rings is 1. The lowest BCUT2D eigenvalue weighted by atomic mass is 10.1. The van der Waals surface area contributed by atoms with E-state index in [1.54, 1.807) is 22.9 Å². The summed E-state index contributed by atoms with van der Waals surface area (Å²) >= 11 is 0. The van der Waals surface area contributed by atoms with Gasteiger partial charge in [-0.25, -0.2) is 19.4 Å². The molecule has 1 unspecified atom stereocenters. The number of aromatic nitrogens is 4. The molecule has 0 aliphatic heterocycles. The predicted octanol–water partition coefficient (Wildman–Crippen LogP) is 3.16. The van der Waals surface area contributed by atoms with Crippen LogP contribution in [0.25, 0.3) is 11.0 Å². The number of nitrogens with one attached hydrogen (secondary N) is 1. The number of allylic oxidation sites excluding steroid dienone is 3. The Balaban J connectivity index is 1.79. The molecule has 2 heterocycles. The summed E-state index contributed by atoms with van der Waals surface area (Å²) in [4.78, 5) is 36.3. The zero-order valence-corrected chi connectivity index (χ0v) is 22.0. The molecule has 0 bridgehead atoms. The fourth-order valence-corrected chi connectivity index (χ4v) is 4.45. The van der Waals surface area contributed by atoms with Crippen LogP contribution in [0.4, 0.5) is 11.6 Å². The molecule has 194 valence electrons. The lowest BCUT2D eigenvalue weighted by molar-refractivity contribution is -0.119. The van der Waals surface area contributed by atoms with Crippen molar-refractivity contribution in [1.82, 2.24) is 29.2 Å². The summed E-state index contributed by atoms with van der Waals surface area (Å²) in [6.07, 6.45) is 9.36. The molecule has 0 radical (unpaired) electrons. The number of anilines is 2. The van der Waals surface area contributed by atoms with Crippen molar-refractivity contribution < 1.29 is 4.79 Å². The fourth-order valence-electron chi connectivity index (χ4n) is 4.45. The normalized spacial score (nSPS) is 15.6. The van der Waals surface area contributed by atoms with Gasteiger partial charge in [-0.05, 0) is 77.0 Å². The number of carbonyl (C=O) groups excluding carboxylic acids is 1. The highest BCUT2D eigenvalue weighted by Gasteiger charge is 2.23. The van der Waals surface area contributed by atoms with Crippen LogP contribution in [0.3, 0.4) is 0 Å². The van der Waals surface area contributed by atoms with E-state index in [1.807, 2.05) is 26.8 Å². The highest BCUT2D eigenvalue weighted by atomic mass is 16.1. The van der Waals surface area contributed by atoms with Gasteiger partial charge in [0, 0.05) is 24.0 Å². The van der Waals surface area contributed by atoms with Crippen LogP contribution in [0.15, 0.2) is 59.1 Å². The van der Waals surface area contributed by atoms with E-state index in [-0.39, 0.29) is 18.1 Å². The SMILES string of the molecule is C=CCn1c(=O)c2cnc(Nc3ccc4c(c3)CC(N(C)C)C4)nc2n1C(/C=C\C)=N/N(C=O)C(C)C. The van der Waals surface area contributed by atoms with Crippen molar-refractivity contribution >= 4 is 34.9 Å². The van der Waals surface area contributed by atoms with E-state index in [4.69, 9.17) is 4.98 Å². The number of nitrogens with zero attached hydrogens (tertiary/aromatic N) is 7. The van der Waals surface area contributed by atoms with Crippen LogP contribution in [-0.4, -0.2) is 67.7 Å². The molecule has 0 fully saturated rings. The first-order valence-electron chi connectivity index (χ1n) is 12.4.